The molecule has 1 aromatic rings. The van der Waals surface area contributed by atoms with E-state index in [4.69, 9.17) is 0 Å². The van der Waals surface area contributed by atoms with Crippen LogP contribution in [0.2, 0.25) is 0 Å². The van der Waals surface area contributed by atoms with Gasteiger partial charge in [0.05, 0.1) is 0 Å². The molecule has 0 saturated carbocycles. The summed E-state index contributed by atoms with van der Waals surface area (Å²) in [6.45, 7) is 3.41. The second kappa shape index (κ2) is 5.59. The molecule has 1 rings (SSSR count). The predicted molar refractivity (Wildman–Crippen MR) is 56.9 cm³/mol. The number of hydrogen-bond acceptors (Lipinski definition) is 2. The molecule has 78 valence electrons. The van der Waals surface area contributed by atoms with E-state index in [1.165, 1.54) is 6.08 Å². The molecular formula is C11H12N2O2. The third-order valence-electron chi connectivity index (χ3n) is 1.68. The molecule has 0 fully saturated rings. The summed E-state index contributed by atoms with van der Waals surface area (Å²) in [7, 11) is 0. The maximum atomic E-state index is 11.4. The molecule has 0 atom stereocenters. The van der Waals surface area contributed by atoms with Crippen molar-refractivity contribution in [3.63, 3.8) is 0 Å². The van der Waals surface area contributed by atoms with E-state index in [1.807, 2.05) is 6.07 Å². The third kappa shape index (κ3) is 3.64. The van der Waals surface area contributed by atoms with E-state index in [0.717, 1.165) is 0 Å². The van der Waals surface area contributed by atoms with Gasteiger partial charge in [0, 0.05) is 12.0 Å². The molecule has 15 heavy (non-hydrogen) atoms. The molecule has 0 aliphatic rings. The van der Waals surface area contributed by atoms with Crippen LogP contribution in [0.1, 0.15) is 16.8 Å². The fourth-order valence-electron chi connectivity index (χ4n) is 0.970. The van der Waals surface area contributed by atoms with Gasteiger partial charge in [0.25, 0.3) is 5.91 Å². The van der Waals surface area contributed by atoms with Gasteiger partial charge in [0.15, 0.2) is 0 Å². The van der Waals surface area contributed by atoms with E-state index in [9.17, 15) is 9.59 Å². The molecule has 0 radical (unpaired) electrons. The van der Waals surface area contributed by atoms with Crippen LogP contribution >= 0.6 is 0 Å². The molecule has 4 nitrogen and oxygen atoms in total. The molecule has 1 aromatic carbocycles. The Morgan fingerprint density at radius 3 is 2.47 bits per heavy atom. The van der Waals surface area contributed by atoms with Crippen molar-refractivity contribution in [1.82, 2.24) is 10.9 Å². The maximum absolute atomic E-state index is 11.4. The van der Waals surface area contributed by atoms with Crippen LogP contribution in [0.5, 0.6) is 0 Å². The lowest BCUT2D eigenvalue weighted by Crippen LogP contribution is -2.41. The van der Waals surface area contributed by atoms with E-state index in [2.05, 4.69) is 17.4 Å². The second-order valence-electron chi connectivity index (χ2n) is 2.86. The Morgan fingerprint density at radius 1 is 1.20 bits per heavy atom. The number of hydrazine groups is 1. The predicted octanol–water partition coefficient (Wildman–Crippen LogP) is 1.02. The normalized spacial score (nSPS) is 9.07. The highest BCUT2D eigenvalue weighted by Crippen LogP contribution is 1.96. The highest BCUT2D eigenvalue weighted by molar-refractivity contribution is 5.95. The van der Waals surface area contributed by atoms with Crippen molar-refractivity contribution in [1.29, 1.82) is 0 Å². The zero-order chi connectivity index (χ0) is 11.1. The zero-order valence-electron chi connectivity index (χ0n) is 8.19. The van der Waals surface area contributed by atoms with E-state index in [0.29, 0.717) is 5.56 Å². The highest BCUT2D eigenvalue weighted by atomic mass is 16.2. The van der Waals surface area contributed by atoms with Crippen molar-refractivity contribution in [3.8, 4) is 0 Å². The van der Waals surface area contributed by atoms with E-state index >= 15 is 0 Å². The summed E-state index contributed by atoms with van der Waals surface area (Å²) in [6.07, 6.45) is 1.64. The average molecular weight is 204 g/mol. The molecule has 4 heteroatoms. The molecule has 2 amide bonds. The molecule has 2 N–H and O–H groups in total. The van der Waals surface area contributed by atoms with Crippen LogP contribution in [0.15, 0.2) is 43.0 Å². The van der Waals surface area contributed by atoms with E-state index in [-0.39, 0.29) is 18.2 Å². The van der Waals surface area contributed by atoms with Gasteiger partial charge in [-0.15, -0.1) is 6.58 Å². The first-order chi connectivity index (χ1) is 7.24. The number of carbonyl (C=O) groups excluding carboxylic acids is 2. The smallest absolute Gasteiger partial charge is 0.269 e. The van der Waals surface area contributed by atoms with E-state index < -0.39 is 0 Å². The third-order valence-corrected chi connectivity index (χ3v) is 1.68. The molecule has 0 aliphatic heterocycles. The number of benzene rings is 1. The van der Waals surface area contributed by atoms with Gasteiger partial charge >= 0.3 is 0 Å². The Morgan fingerprint density at radius 2 is 1.87 bits per heavy atom. The highest BCUT2D eigenvalue weighted by Gasteiger charge is 2.04. The second-order valence-corrected chi connectivity index (χ2v) is 2.86. The standard InChI is InChI=1S/C11H12N2O2/c1-2-6-10(14)12-13-11(15)9-7-4-3-5-8-9/h2-5,7-8H,1,6H2,(H,12,14)(H,13,15). The Balaban J connectivity index is 2.44. The van der Waals surface area contributed by atoms with Crippen molar-refractivity contribution in [2.45, 2.75) is 6.42 Å². The lowest BCUT2D eigenvalue weighted by molar-refractivity contribution is -0.121. The number of rotatable bonds is 3. The van der Waals surface area contributed by atoms with Crippen LogP contribution in [0.25, 0.3) is 0 Å². The molecule has 0 spiro atoms. The van der Waals surface area contributed by atoms with Crippen molar-refractivity contribution in [3.05, 3.63) is 48.6 Å². The first kappa shape index (κ1) is 11.0. The van der Waals surface area contributed by atoms with Gasteiger partial charge < -0.3 is 0 Å². The minimum atomic E-state index is -0.340. The largest absolute Gasteiger partial charge is 0.273 e. The Hall–Kier alpha value is -2.10. The van der Waals surface area contributed by atoms with Crippen molar-refractivity contribution >= 4 is 11.8 Å². The fraction of sp³-hybridized carbons (Fsp3) is 0.0909. The summed E-state index contributed by atoms with van der Waals surface area (Å²) in [5, 5.41) is 0. The van der Waals surface area contributed by atoms with Crippen LogP contribution in [-0.2, 0) is 4.79 Å². The van der Waals surface area contributed by atoms with Crippen LogP contribution in [0.3, 0.4) is 0 Å². The molecule has 0 aromatic heterocycles. The van der Waals surface area contributed by atoms with Crippen LogP contribution in [0.4, 0.5) is 0 Å². The number of nitrogens with one attached hydrogen (secondary N) is 2. The van der Waals surface area contributed by atoms with E-state index in [1.54, 1.807) is 24.3 Å². The van der Waals surface area contributed by atoms with Crippen molar-refractivity contribution < 1.29 is 9.59 Å². The average Bonchev–Trinajstić information content (AvgIpc) is 2.27. The van der Waals surface area contributed by atoms with Gasteiger partial charge in [0.2, 0.25) is 5.91 Å². The van der Waals surface area contributed by atoms with Gasteiger partial charge in [-0.25, -0.2) is 0 Å². The van der Waals surface area contributed by atoms with Crippen LogP contribution in [-0.4, -0.2) is 11.8 Å². The van der Waals surface area contributed by atoms with Gasteiger partial charge in [-0.05, 0) is 12.1 Å². The summed E-state index contributed by atoms with van der Waals surface area (Å²) in [6, 6.07) is 8.64. The first-order valence-corrected chi connectivity index (χ1v) is 4.49. The lowest BCUT2D eigenvalue weighted by atomic mass is 10.2. The lowest BCUT2D eigenvalue weighted by Gasteiger charge is -2.05. The van der Waals surface area contributed by atoms with Crippen molar-refractivity contribution in [2.24, 2.45) is 0 Å². The zero-order valence-corrected chi connectivity index (χ0v) is 8.19. The molecule has 0 heterocycles. The molecule has 0 saturated heterocycles. The Bertz CT molecular complexity index is 360. The van der Waals surface area contributed by atoms with Gasteiger partial charge in [-0.1, -0.05) is 24.3 Å². The minimum Gasteiger partial charge on any atom is -0.273 e. The topological polar surface area (TPSA) is 58.2 Å². The number of carbonyl (C=O) groups is 2. The summed E-state index contributed by atoms with van der Waals surface area (Å²) in [5.74, 6) is -0.637. The Labute approximate surface area is 88.0 Å². The monoisotopic (exact) mass is 204 g/mol. The van der Waals surface area contributed by atoms with Gasteiger partial charge in [-0.3, -0.25) is 20.4 Å². The summed E-state index contributed by atoms with van der Waals surface area (Å²) in [4.78, 5) is 22.4. The van der Waals surface area contributed by atoms with Crippen LogP contribution < -0.4 is 10.9 Å². The maximum Gasteiger partial charge on any atom is 0.269 e. The number of amides is 2. The summed E-state index contributed by atoms with van der Waals surface area (Å²) >= 11 is 0. The first-order valence-electron chi connectivity index (χ1n) is 4.49. The van der Waals surface area contributed by atoms with Gasteiger partial charge in [0.1, 0.15) is 0 Å². The quantitative estimate of drug-likeness (QED) is 0.570. The van der Waals surface area contributed by atoms with Gasteiger partial charge in [-0.2, -0.15) is 0 Å². The number of hydrogen-bond donors (Lipinski definition) is 2. The molecule has 0 bridgehead atoms. The van der Waals surface area contributed by atoms with Crippen molar-refractivity contribution in [2.75, 3.05) is 0 Å². The van der Waals surface area contributed by atoms with Crippen LogP contribution in [0, 0.1) is 0 Å². The Kier molecular flexibility index (Phi) is 4.09. The fourth-order valence-corrected chi connectivity index (χ4v) is 0.970. The summed E-state index contributed by atoms with van der Waals surface area (Å²) in [5.41, 5.74) is 5.07. The molecule has 0 aliphatic carbocycles. The minimum absolute atomic E-state index is 0.176. The SMILES string of the molecule is C=CCC(=O)NNC(=O)c1ccccc1. The molecular weight excluding hydrogens is 192 g/mol. The molecule has 0 unspecified atom stereocenters. The summed E-state index contributed by atoms with van der Waals surface area (Å²) < 4.78 is 0.